The predicted octanol–water partition coefficient (Wildman–Crippen LogP) is 3.24. The lowest BCUT2D eigenvalue weighted by molar-refractivity contribution is -0.117. The summed E-state index contributed by atoms with van der Waals surface area (Å²) in [6.07, 6.45) is 1.71. The van der Waals surface area contributed by atoms with E-state index in [1.165, 1.54) is 4.31 Å². The van der Waals surface area contributed by atoms with Gasteiger partial charge in [-0.15, -0.1) is 0 Å². The minimum Gasteiger partial charge on any atom is -0.324 e. The summed E-state index contributed by atoms with van der Waals surface area (Å²) < 4.78 is 26.0. The number of nitriles is 1. The van der Waals surface area contributed by atoms with Crippen molar-refractivity contribution >= 4 is 27.3 Å². The Morgan fingerprint density at radius 3 is 2.41 bits per heavy atom. The number of hydrogen-bond donors (Lipinski definition) is 1. The normalized spacial score (nSPS) is 12.1. The Bertz CT molecular complexity index is 947. The second-order valence-corrected chi connectivity index (χ2v) is 8.20. The number of nitrogens with one attached hydrogen (secondary N) is 1. The summed E-state index contributed by atoms with van der Waals surface area (Å²) in [5, 5.41) is 11.5. The first kappa shape index (κ1) is 20.5. The van der Waals surface area contributed by atoms with Crippen LogP contribution in [-0.2, 0) is 21.2 Å². The van der Waals surface area contributed by atoms with Crippen molar-refractivity contribution in [1.29, 1.82) is 5.26 Å². The van der Waals surface area contributed by atoms with Crippen LogP contribution in [0, 0.1) is 18.3 Å². The maximum Gasteiger partial charge on any atom is 0.248 e. The summed E-state index contributed by atoms with van der Waals surface area (Å²) in [4.78, 5) is 12.8. The standard InChI is InChI=1S/C20H23N3O3S/c1-4-19(20(24)22-17-10-8-16(9-11-17)12-13-21)23(27(3,25)26)18-7-5-6-15(2)14-18/h5-11,14,19H,4,12H2,1-3H3,(H,22,24)/t19-/m1/s1. The SMILES string of the molecule is CC[C@H](C(=O)Nc1ccc(CC#N)cc1)N(c1cccc(C)c1)S(C)(=O)=O. The summed E-state index contributed by atoms with van der Waals surface area (Å²) >= 11 is 0. The highest BCUT2D eigenvalue weighted by Crippen LogP contribution is 2.24. The van der Waals surface area contributed by atoms with Gasteiger partial charge in [0.05, 0.1) is 24.4 Å². The minimum atomic E-state index is -3.66. The zero-order chi connectivity index (χ0) is 20.0. The number of aryl methyl sites for hydroxylation is 1. The van der Waals surface area contributed by atoms with Crippen LogP contribution in [0.25, 0.3) is 0 Å². The Kier molecular flexibility index (Phi) is 6.59. The van der Waals surface area contributed by atoms with Gasteiger partial charge in [0, 0.05) is 5.69 Å². The third-order valence-corrected chi connectivity index (χ3v) is 5.27. The molecular formula is C20H23N3O3S. The highest BCUT2D eigenvalue weighted by molar-refractivity contribution is 7.92. The Balaban J connectivity index is 2.30. The molecule has 0 saturated heterocycles. The second-order valence-electron chi connectivity index (χ2n) is 6.34. The average Bonchev–Trinajstić information content (AvgIpc) is 2.60. The number of hydrogen-bond acceptors (Lipinski definition) is 4. The maximum absolute atomic E-state index is 12.8. The fraction of sp³-hybridized carbons (Fsp3) is 0.300. The lowest BCUT2D eigenvalue weighted by atomic mass is 10.1. The molecule has 2 aromatic carbocycles. The number of benzene rings is 2. The summed E-state index contributed by atoms with van der Waals surface area (Å²) in [6, 6.07) is 15.2. The molecule has 0 aliphatic heterocycles. The van der Waals surface area contributed by atoms with Gasteiger partial charge in [0.2, 0.25) is 15.9 Å². The third kappa shape index (κ3) is 5.31. The van der Waals surface area contributed by atoms with E-state index in [2.05, 4.69) is 11.4 Å². The monoisotopic (exact) mass is 385 g/mol. The van der Waals surface area contributed by atoms with Gasteiger partial charge in [-0.25, -0.2) is 8.42 Å². The van der Waals surface area contributed by atoms with E-state index in [1.54, 1.807) is 49.4 Å². The highest BCUT2D eigenvalue weighted by Gasteiger charge is 2.31. The number of amides is 1. The van der Waals surface area contributed by atoms with Crippen molar-refractivity contribution in [2.75, 3.05) is 15.9 Å². The number of anilines is 2. The molecular weight excluding hydrogens is 362 g/mol. The predicted molar refractivity (Wildman–Crippen MR) is 107 cm³/mol. The van der Waals surface area contributed by atoms with Crippen LogP contribution in [0.15, 0.2) is 48.5 Å². The smallest absolute Gasteiger partial charge is 0.248 e. The van der Waals surface area contributed by atoms with E-state index in [-0.39, 0.29) is 0 Å². The van der Waals surface area contributed by atoms with Gasteiger partial charge in [-0.1, -0.05) is 31.2 Å². The fourth-order valence-corrected chi connectivity index (χ4v) is 4.05. The number of sulfonamides is 1. The fourth-order valence-electron chi connectivity index (χ4n) is 2.85. The molecule has 0 aliphatic carbocycles. The van der Waals surface area contributed by atoms with E-state index in [1.807, 2.05) is 13.0 Å². The molecule has 0 fully saturated rings. The summed E-state index contributed by atoms with van der Waals surface area (Å²) in [5.74, 6) is -0.405. The van der Waals surface area contributed by atoms with Crippen molar-refractivity contribution in [3.8, 4) is 6.07 Å². The molecule has 0 saturated carbocycles. The van der Waals surface area contributed by atoms with Crippen molar-refractivity contribution < 1.29 is 13.2 Å². The summed E-state index contributed by atoms with van der Waals surface area (Å²) in [7, 11) is -3.66. The van der Waals surface area contributed by atoms with E-state index in [0.29, 0.717) is 24.2 Å². The molecule has 0 heterocycles. The molecule has 27 heavy (non-hydrogen) atoms. The largest absolute Gasteiger partial charge is 0.324 e. The van der Waals surface area contributed by atoms with E-state index in [4.69, 9.17) is 5.26 Å². The van der Waals surface area contributed by atoms with Crippen LogP contribution in [0.1, 0.15) is 24.5 Å². The van der Waals surface area contributed by atoms with E-state index in [9.17, 15) is 13.2 Å². The molecule has 1 atom stereocenters. The molecule has 2 rings (SSSR count). The number of carbonyl (C=O) groups excluding carboxylic acids is 1. The second kappa shape index (κ2) is 8.69. The molecule has 0 unspecified atom stereocenters. The molecule has 0 spiro atoms. The molecule has 142 valence electrons. The lowest BCUT2D eigenvalue weighted by Crippen LogP contribution is -2.47. The number of nitrogens with zero attached hydrogens (tertiary/aromatic N) is 2. The van der Waals surface area contributed by atoms with E-state index >= 15 is 0 Å². The first-order valence-electron chi connectivity index (χ1n) is 8.59. The Morgan fingerprint density at radius 1 is 1.22 bits per heavy atom. The molecule has 0 bridgehead atoms. The molecule has 1 N–H and O–H groups in total. The first-order valence-corrected chi connectivity index (χ1v) is 10.4. The van der Waals surface area contributed by atoms with Gasteiger partial charge in [0.15, 0.2) is 0 Å². The molecule has 7 heteroatoms. The molecule has 0 radical (unpaired) electrons. The van der Waals surface area contributed by atoms with Crippen molar-refractivity contribution in [3.05, 3.63) is 59.7 Å². The van der Waals surface area contributed by atoms with Crippen molar-refractivity contribution in [2.45, 2.75) is 32.7 Å². The Labute approximate surface area is 160 Å². The average molecular weight is 385 g/mol. The summed E-state index contributed by atoms with van der Waals surface area (Å²) in [5.41, 5.74) is 2.77. The highest BCUT2D eigenvalue weighted by atomic mass is 32.2. The van der Waals surface area contributed by atoms with Gasteiger partial charge in [-0.05, 0) is 48.7 Å². The zero-order valence-corrected chi connectivity index (χ0v) is 16.5. The third-order valence-electron chi connectivity index (χ3n) is 4.09. The molecule has 6 nitrogen and oxygen atoms in total. The van der Waals surface area contributed by atoms with Crippen LogP contribution in [0.3, 0.4) is 0 Å². The number of carbonyl (C=O) groups is 1. The van der Waals surface area contributed by atoms with Gasteiger partial charge in [-0.2, -0.15) is 5.26 Å². The van der Waals surface area contributed by atoms with Crippen LogP contribution in [0.4, 0.5) is 11.4 Å². The zero-order valence-electron chi connectivity index (χ0n) is 15.6. The Hall–Kier alpha value is -2.85. The lowest BCUT2D eigenvalue weighted by Gasteiger charge is -2.30. The van der Waals surface area contributed by atoms with Crippen molar-refractivity contribution in [3.63, 3.8) is 0 Å². The molecule has 1 amide bonds. The molecule has 0 aliphatic rings. The van der Waals surface area contributed by atoms with Crippen LogP contribution in [-0.4, -0.2) is 26.6 Å². The molecule has 2 aromatic rings. The van der Waals surface area contributed by atoms with Gasteiger partial charge < -0.3 is 5.32 Å². The quantitative estimate of drug-likeness (QED) is 0.792. The number of rotatable bonds is 7. The first-order chi connectivity index (χ1) is 12.8. The topological polar surface area (TPSA) is 90.3 Å². The van der Waals surface area contributed by atoms with Crippen LogP contribution in [0.2, 0.25) is 0 Å². The van der Waals surface area contributed by atoms with E-state index < -0.39 is 22.0 Å². The van der Waals surface area contributed by atoms with Gasteiger partial charge >= 0.3 is 0 Å². The van der Waals surface area contributed by atoms with Gasteiger partial charge in [-0.3, -0.25) is 9.10 Å². The van der Waals surface area contributed by atoms with Gasteiger partial charge in [0.1, 0.15) is 6.04 Å². The van der Waals surface area contributed by atoms with Crippen LogP contribution < -0.4 is 9.62 Å². The summed E-state index contributed by atoms with van der Waals surface area (Å²) in [6.45, 7) is 3.64. The van der Waals surface area contributed by atoms with Gasteiger partial charge in [0.25, 0.3) is 0 Å². The van der Waals surface area contributed by atoms with E-state index in [0.717, 1.165) is 17.4 Å². The maximum atomic E-state index is 12.8. The minimum absolute atomic E-state index is 0.293. The molecule has 0 aromatic heterocycles. The van der Waals surface area contributed by atoms with Crippen LogP contribution in [0.5, 0.6) is 0 Å². The van der Waals surface area contributed by atoms with Crippen molar-refractivity contribution in [2.24, 2.45) is 0 Å². The van der Waals surface area contributed by atoms with Crippen LogP contribution >= 0.6 is 0 Å². The van der Waals surface area contributed by atoms with Crippen molar-refractivity contribution in [1.82, 2.24) is 0 Å². The Morgan fingerprint density at radius 2 is 1.89 bits per heavy atom.